The van der Waals surface area contributed by atoms with Crippen LogP contribution in [0.25, 0.3) is 0 Å². The second kappa shape index (κ2) is 5.69. The van der Waals surface area contributed by atoms with Crippen LogP contribution in [-0.2, 0) is 5.54 Å². The molecule has 1 heterocycles. The van der Waals surface area contributed by atoms with Crippen molar-refractivity contribution in [2.75, 3.05) is 0 Å². The minimum atomic E-state index is -0.278. The third-order valence-electron chi connectivity index (χ3n) is 4.90. The summed E-state index contributed by atoms with van der Waals surface area (Å²) >= 11 is 0. The minimum Gasteiger partial charge on any atom is -0.354 e. The summed E-state index contributed by atoms with van der Waals surface area (Å²) in [6.07, 6.45) is 3.00. The van der Waals surface area contributed by atoms with Crippen molar-refractivity contribution in [1.29, 1.82) is 0 Å². The van der Waals surface area contributed by atoms with Crippen LogP contribution in [0, 0.1) is 13.8 Å². The first-order valence-corrected chi connectivity index (χ1v) is 8.03. The molecule has 0 radical (unpaired) electrons. The molecule has 0 unspecified atom stereocenters. The lowest BCUT2D eigenvalue weighted by Gasteiger charge is -2.43. The molecule has 0 spiro atoms. The molecule has 4 nitrogen and oxygen atoms in total. The standard InChI is InChI=1S/C19H22N2O2/c1-12-16(14(3)22)13(2)20-17(12)18(23)21-19(10-7-11-19)15-8-5-4-6-9-15/h4-6,8-9,20H,7,10-11H2,1-3H3,(H,21,23). The Morgan fingerprint density at radius 2 is 1.78 bits per heavy atom. The number of carbonyl (C=O) groups is 2. The van der Waals surface area contributed by atoms with E-state index >= 15 is 0 Å². The maximum Gasteiger partial charge on any atom is 0.268 e. The molecule has 120 valence electrons. The summed E-state index contributed by atoms with van der Waals surface area (Å²) in [5.74, 6) is -0.154. The molecule has 0 aliphatic heterocycles. The van der Waals surface area contributed by atoms with Gasteiger partial charge >= 0.3 is 0 Å². The van der Waals surface area contributed by atoms with Gasteiger partial charge in [0.15, 0.2) is 5.78 Å². The third kappa shape index (κ3) is 2.58. The normalized spacial score (nSPS) is 15.8. The number of hydrogen-bond acceptors (Lipinski definition) is 2. The summed E-state index contributed by atoms with van der Waals surface area (Å²) in [6.45, 7) is 5.18. The molecule has 4 heteroatoms. The maximum absolute atomic E-state index is 12.8. The van der Waals surface area contributed by atoms with Crippen LogP contribution in [-0.4, -0.2) is 16.7 Å². The number of aromatic amines is 1. The second-order valence-corrected chi connectivity index (χ2v) is 6.44. The zero-order valence-corrected chi connectivity index (χ0v) is 13.8. The van der Waals surface area contributed by atoms with Crippen molar-refractivity contribution in [3.8, 4) is 0 Å². The zero-order valence-electron chi connectivity index (χ0n) is 13.8. The second-order valence-electron chi connectivity index (χ2n) is 6.44. The summed E-state index contributed by atoms with van der Waals surface area (Å²) in [4.78, 5) is 27.6. The van der Waals surface area contributed by atoms with E-state index in [1.807, 2.05) is 32.0 Å². The molecule has 2 N–H and O–H groups in total. The Balaban J connectivity index is 1.90. The van der Waals surface area contributed by atoms with Gasteiger partial charge in [0.1, 0.15) is 5.69 Å². The maximum atomic E-state index is 12.8. The number of benzene rings is 1. The Kier molecular flexibility index (Phi) is 3.84. The molecular weight excluding hydrogens is 288 g/mol. The Morgan fingerprint density at radius 3 is 2.26 bits per heavy atom. The van der Waals surface area contributed by atoms with Crippen molar-refractivity contribution in [1.82, 2.24) is 10.3 Å². The van der Waals surface area contributed by atoms with Crippen molar-refractivity contribution in [3.63, 3.8) is 0 Å². The summed E-state index contributed by atoms with van der Waals surface area (Å²) in [6, 6.07) is 10.1. The van der Waals surface area contributed by atoms with Gasteiger partial charge in [-0.25, -0.2) is 0 Å². The first-order chi connectivity index (χ1) is 10.9. The van der Waals surface area contributed by atoms with E-state index in [0.717, 1.165) is 36.1 Å². The molecule has 1 aliphatic carbocycles. The van der Waals surface area contributed by atoms with Crippen molar-refractivity contribution >= 4 is 11.7 Å². The summed E-state index contributed by atoms with van der Waals surface area (Å²) in [5, 5.41) is 3.20. The van der Waals surface area contributed by atoms with Gasteiger partial charge in [0.05, 0.1) is 5.54 Å². The molecule has 0 saturated heterocycles. The molecule has 23 heavy (non-hydrogen) atoms. The number of H-pyrrole nitrogens is 1. The first-order valence-electron chi connectivity index (χ1n) is 8.03. The lowest BCUT2D eigenvalue weighted by Crippen LogP contribution is -2.51. The van der Waals surface area contributed by atoms with E-state index < -0.39 is 0 Å². The molecule has 2 aromatic rings. The van der Waals surface area contributed by atoms with Crippen LogP contribution in [0.3, 0.4) is 0 Å². The van der Waals surface area contributed by atoms with Crippen molar-refractivity contribution < 1.29 is 9.59 Å². The van der Waals surface area contributed by atoms with Crippen LogP contribution in [0.2, 0.25) is 0 Å². The van der Waals surface area contributed by atoms with Gasteiger partial charge in [-0.3, -0.25) is 9.59 Å². The molecule has 1 fully saturated rings. The van der Waals surface area contributed by atoms with Crippen molar-refractivity contribution in [3.05, 3.63) is 58.4 Å². The van der Waals surface area contributed by atoms with Gasteiger partial charge in [-0.15, -0.1) is 0 Å². The van der Waals surface area contributed by atoms with E-state index in [4.69, 9.17) is 0 Å². The highest BCUT2D eigenvalue weighted by atomic mass is 16.2. The summed E-state index contributed by atoms with van der Waals surface area (Å²) in [5.41, 5.74) is 3.47. The fourth-order valence-corrected chi connectivity index (χ4v) is 3.56. The monoisotopic (exact) mass is 310 g/mol. The Morgan fingerprint density at radius 1 is 1.13 bits per heavy atom. The van der Waals surface area contributed by atoms with Gasteiger partial charge in [0.25, 0.3) is 5.91 Å². The number of hydrogen-bond donors (Lipinski definition) is 2. The molecule has 0 bridgehead atoms. The van der Waals surface area contributed by atoms with E-state index in [2.05, 4.69) is 22.4 Å². The van der Waals surface area contributed by atoms with Crippen LogP contribution in [0.4, 0.5) is 0 Å². The molecule has 1 amide bonds. The number of amides is 1. The van der Waals surface area contributed by atoms with Gasteiger partial charge in [-0.05, 0) is 51.2 Å². The van der Waals surface area contributed by atoms with Gasteiger partial charge in [-0.2, -0.15) is 0 Å². The van der Waals surface area contributed by atoms with E-state index in [1.54, 1.807) is 0 Å². The molecule has 1 saturated carbocycles. The number of aromatic nitrogens is 1. The minimum absolute atomic E-state index is 0.0169. The Hall–Kier alpha value is -2.36. The molecule has 1 aliphatic rings. The number of rotatable bonds is 4. The average molecular weight is 310 g/mol. The highest BCUT2D eigenvalue weighted by molar-refractivity contribution is 6.02. The lowest BCUT2D eigenvalue weighted by atomic mass is 9.71. The third-order valence-corrected chi connectivity index (χ3v) is 4.90. The molecular formula is C19H22N2O2. The fraction of sp³-hybridized carbons (Fsp3) is 0.368. The van der Waals surface area contributed by atoms with Crippen LogP contribution in [0.15, 0.2) is 30.3 Å². The van der Waals surface area contributed by atoms with Crippen LogP contribution in [0.1, 0.15) is 63.9 Å². The van der Waals surface area contributed by atoms with Gasteiger partial charge < -0.3 is 10.3 Å². The quantitative estimate of drug-likeness (QED) is 0.847. The van der Waals surface area contributed by atoms with Crippen molar-refractivity contribution in [2.45, 2.75) is 45.6 Å². The highest BCUT2D eigenvalue weighted by Gasteiger charge is 2.40. The SMILES string of the molecule is CC(=O)c1c(C)[nH]c(C(=O)NC2(c3ccccc3)CCC2)c1C. The molecule has 0 atom stereocenters. The number of ketones is 1. The molecule has 3 rings (SSSR count). The number of Topliss-reactive ketones (excluding diaryl/α,β-unsaturated/α-hetero) is 1. The van der Waals surface area contributed by atoms with E-state index in [-0.39, 0.29) is 17.2 Å². The summed E-state index contributed by atoms with van der Waals surface area (Å²) < 4.78 is 0. The topological polar surface area (TPSA) is 62.0 Å². The van der Waals surface area contributed by atoms with Gasteiger partial charge in [-0.1, -0.05) is 30.3 Å². The highest BCUT2D eigenvalue weighted by Crippen LogP contribution is 2.41. The van der Waals surface area contributed by atoms with Gasteiger partial charge in [0.2, 0.25) is 0 Å². The van der Waals surface area contributed by atoms with Crippen LogP contribution >= 0.6 is 0 Å². The molecule has 1 aromatic heterocycles. The number of carbonyl (C=O) groups excluding carboxylic acids is 2. The molecule has 1 aromatic carbocycles. The van der Waals surface area contributed by atoms with Crippen LogP contribution < -0.4 is 5.32 Å². The number of nitrogens with one attached hydrogen (secondary N) is 2. The van der Waals surface area contributed by atoms with E-state index in [0.29, 0.717) is 11.3 Å². The fourth-order valence-electron chi connectivity index (χ4n) is 3.56. The Labute approximate surface area is 136 Å². The summed E-state index contributed by atoms with van der Waals surface area (Å²) in [7, 11) is 0. The van der Waals surface area contributed by atoms with Crippen molar-refractivity contribution in [2.24, 2.45) is 0 Å². The van der Waals surface area contributed by atoms with E-state index in [1.165, 1.54) is 6.92 Å². The average Bonchev–Trinajstić information content (AvgIpc) is 2.78. The first kappa shape index (κ1) is 15.5. The number of aryl methyl sites for hydroxylation is 1. The Bertz CT molecular complexity index is 755. The zero-order chi connectivity index (χ0) is 16.6. The smallest absolute Gasteiger partial charge is 0.268 e. The van der Waals surface area contributed by atoms with E-state index in [9.17, 15) is 9.59 Å². The predicted molar refractivity (Wildman–Crippen MR) is 89.7 cm³/mol. The largest absolute Gasteiger partial charge is 0.354 e. The lowest BCUT2D eigenvalue weighted by molar-refractivity contribution is 0.0818. The predicted octanol–water partition coefficient (Wildman–Crippen LogP) is 3.64. The van der Waals surface area contributed by atoms with Crippen LogP contribution in [0.5, 0.6) is 0 Å². The van der Waals surface area contributed by atoms with Gasteiger partial charge in [0, 0.05) is 11.3 Å².